The Morgan fingerprint density at radius 3 is 2.58 bits per heavy atom. The third-order valence-electron chi connectivity index (χ3n) is 3.91. The van der Waals surface area contributed by atoms with Crippen LogP contribution in [-0.2, 0) is 14.8 Å². The lowest BCUT2D eigenvalue weighted by Crippen LogP contribution is -2.37. The molecule has 1 heterocycles. The van der Waals surface area contributed by atoms with E-state index in [4.69, 9.17) is 0 Å². The normalized spacial score (nSPS) is 14.8. The summed E-state index contributed by atoms with van der Waals surface area (Å²) in [5.74, 6) is -1.56. The summed E-state index contributed by atoms with van der Waals surface area (Å²) < 4.78 is 25.3. The number of benzene rings is 2. The molecule has 0 saturated carbocycles. The molecule has 0 radical (unpaired) electrons. The highest BCUT2D eigenvalue weighted by Crippen LogP contribution is 2.30. The van der Waals surface area contributed by atoms with E-state index in [1.165, 1.54) is 42.5 Å². The summed E-state index contributed by atoms with van der Waals surface area (Å²) in [5.41, 5.74) is 0.517. The molecular weight excluding hydrogens is 362 g/mol. The number of carbonyl (C=O) groups is 2. The number of nitrogens with one attached hydrogen (secondary N) is 1. The molecule has 2 aromatic carbocycles. The molecule has 0 fully saturated rings. The minimum atomic E-state index is -4.10. The second-order valence-electron chi connectivity index (χ2n) is 5.62. The van der Waals surface area contributed by atoms with Gasteiger partial charge in [0, 0.05) is 12.1 Å². The zero-order valence-corrected chi connectivity index (χ0v) is 14.3. The molecule has 9 nitrogen and oxygen atoms in total. The lowest BCUT2D eigenvalue weighted by molar-refractivity contribution is -0.384. The minimum Gasteiger partial charge on any atom is -0.324 e. The second-order valence-corrected chi connectivity index (χ2v) is 7.45. The predicted molar refractivity (Wildman–Crippen MR) is 91.1 cm³/mol. The average molecular weight is 375 g/mol. The molecule has 1 aliphatic heterocycles. The number of anilines is 1. The van der Waals surface area contributed by atoms with E-state index in [1.54, 1.807) is 6.92 Å². The van der Waals surface area contributed by atoms with E-state index in [2.05, 4.69) is 5.32 Å². The molecule has 0 bridgehead atoms. The van der Waals surface area contributed by atoms with E-state index < -0.39 is 33.3 Å². The first-order valence-electron chi connectivity index (χ1n) is 7.43. The van der Waals surface area contributed by atoms with Gasteiger partial charge in [0.2, 0.25) is 5.91 Å². The highest BCUT2D eigenvalue weighted by atomic mass is 32.2. The van der Waals surface area contributed by atoms with Crippen LogP contribution >= 0.6 is 0 Å². The number of aryl methyl sites for hydroxylation is 1. The van der Waals surface area contributed by atoms with Crippen LogP contribution in [0.5, 0.6) is 0 Å². The number of nitrogens with zero attached hydrogens (tertiary/aromatic N) is 2. The molecule has 0 atom stereocenters. The van der Waals surface area contributed by atoms with Crippen molar-refractivity contribution in [2.45, 2.75) is 11.8 Å². The zero-order valence-electron chi connectivity index (χ0n) is 13.5. The Bertz CT molecular complexity index is 1050. The van der Waals surface area contributed by atoms with Crippen LogP contribution in [0.15, 0.2) is 47.4 Å². The topological polar surface area (TPSA) is 127 Å². The first kappa shape index (κ1) is 17.5. The number of hydrogen-bond donors (Lipinski definition) is 1. The fraction of sp³-hybridized carbons (Fsp3) is 0.125. The van der Waals surface area contributed by atoms with Gasteiger partial charge in [0.15, 0.2) is 0 Å². The molecule has 0 spiro atoms. The molecule has 10 heteroatoms. The van der Waals surface area contributed by atoms with E-state index in [-0.39, 0.29) is 21.8 Å². The van der Waals surface area contributed by atoms with Gasteiger partial charge in [-0.1, -0.05) is 18.2 Å². The van der Waals surface area contributed by atoms with Gasteiger partial charge in [0.1, 0.15) is 11.4 Å². The van der Waals surface area contributed by atoms with Crippen LogP contribution in [0.1, 0.15) is 15.9 Å². The molecule has 26 heavy (non-hydrogen) atoms. The van der Waals surface area contributed by atoms with E-state index in [0.717, 1.165) is 0 Å². The van der Waals surface area contributed by atoms with Crippen LogP contribution in [0, 0.1) is 17.0 Å². The lowest BCUT2D eigenvalue weighted by Gasteiger charge is -2.15. The number of non-ortho nitro benzene ring substituents is 1. The molecule has 0 aromatic heterocycles. The fourth-order valence-electron chi connectivity index (χ4n) is 2.57. The lowest BCUT2D eigenvalue weighted by atomic mass is 10.2. The SMILES string of the molecule is Cc1ccc([N+](=O)[O-])cc1NC(=O)CN1C(=O)c2ccccc2S1(=O)=O. The molecular formula is C16H13N3O6S. The molecule has 2 amide bonds. The van der Waals surface area contributed by atoms with Gasteiger partial charge >= 0.3 is 0 Å². The van der Waals surface area contributed by atoms with E-state index in [0.29, 0.717) is 9.87 Å². The summed E-state index contributed by atoms with van der Waals surface area (Å²) in [6.07, 6.45) is 0. The Kier molecular flexibility index (Phi) is 4.20. The number of nitro groups is 1. The van der Waals surface area contributed by atoms with Crippen LogP contribution in [0.25, 0.3) is 0 Å². The van der Waals surface area contributed by atoms with Crippen LogP contribution in [-0.4, -0.2) is 36.0 Å². The van der Waals surface area contributed by atoms with Gasteiger partial charge in [-0.25, -0.2) is 12.7 Å². The van der Waals surface area contributed by atoms with Gasteiger partial charge in [-0.3, -0.25) is 19.7 Å². The third kappa shape index (κ3) is 2.90. The smallest absolute Gasteiger partial charge is 0.271 e. The van der Waals surface area contributed by atoms with Crippen LogP contribution in [0.2, 0.25) is 0 Å². The minimum absolute atomic E-state index is 0.00632. The standard InChI is InChI=1S/C16H13N3O6S/c1-10-6-7-11(19(22)23)8-13(10)17-15(20)9-18-16(21)12-4-2-3-5-14(12)26(18,24)25/h2-8H,9H2,1H3,(H,17,20). The largest absolute Gasteiger partial charge is 0.324 e. The Hall–Kier alpha value is -3.27. The number of amides is 2. The molecule has 134 valence electrons. The highest BCUT2D eigenvalue weighted by molar-refractivity contribution is 7.90. The van der Waals surface area contributed by atoms with Crippen molar-refractivity contribution in [1.82, 2.24) is 4.31 Å². The Morgan fingerprint density at radius 2 is 1.92 bits per heavy atom. The van der Waals surface area contributed by atoms with Crippen molar-refractivity contribution in [2.24, 2.45) is 0 Å². The first-order chi connectivity index (χ1) is 12.2. The van der Waals surface area contributed by atoms with Crippen molar-refractivity contribution < 1.29 is 22.9 Å². The van der Waals surface area contributed by atoms with Crippen molar-refractivity contribution in [3.63, 3.8) is 0 Å². The molecule has 0 unspecified atom stereocenters. The number of nitro benzene ring substituents is 1. The van der Waals surface area contributed by atoms with Crippen LogP contribution in [0.4, 0.5) is 11.4 Å². The van der Waals surface area contributed by atoms with Gasteiger partial charge < -0.3 is 5.32 Å². The van der Waals surface area contributed by atoms with Gasteiger partial charge in [-0.15, -0.1) is 0 Å². The zero-order chi connectivity index (χ0) is 19.1. The summed E-state index contributed by atoms with van der Waals surface area (Å²) in [4.78, 5) is 34.6. The number of carbonyl (C=O) groups excluding carboxylic acids is 2. The van der Waals surface area contributed by atoms with Crippen molar-refractivity contribution in [3.8, 4) is 0 Å². The summed E-state index contributed by atoms with van der Waals surface area (Å²) in [6.45, 7) is 0.908. The Balaban J connectivity index is 1.83. The van der Waals surface area contributed by atoms with E-state index in [9.17, 15) is 28.1 Å². The number of fused-ring (bicyclic) bond motifs is 1. The summed E-state index contributed by atoms with van der Waals surface area (Å²) in [5, 5.41) is 13.3. The third-order valence-corrected chi connectivity index (χ3v) is 5.69. The Morgan fingerprint density at radius 1 is 1.23 bits per heavy atom. The molecule has 1 aliphatic rings. The monoisotopic (exact) mass is 375 g/mol. The molecule has 3 rings (SSSR count). The van der Waals surface area contributed by atoms with Crippen molar-refractivity contribution in [2.75, 3.05) is 11.9 Å². The predicted octanol–water partition coefficient (Wildman–Crippen LogP) is 1.69. The molecule has 2 aromatic rings. The maximum atomic E-state index is 12.4. The van der Waals surface area contributed by atoms with Gasteiger partial charge in [-0.05, 0) is 24.6 Å². The van der Waals surface area contributed by atoms with Crippen molar-refractivity contribution >= 4 is 33.2 Å². The molecule has 1 N–H and O–H groups in total. The molecule has 0 aliphatic carbocycles. The van der Waals surface area contributed by atoms with Crippen LogP contribution < -0.4 is 5.32 Å². The fourth-order valence-corrected chi connectivity index (χ4v) is 4.09. The first-order valence-corrected chi connectivity index (χ1v) is 8.87. The van der Waals surface area contributed by atoms with Crippen LogP contribution in [0.3, 0.4) is 0 Å². The quantitative estimate of drug-likeness (QED) is 0.640. The van der Waals surface area contributed by atoms with Gasteiger partial charge in [0.05, 0.1) is 16.2 Å². The Labute approximate surface area is 148 Å². The molecule has 0 saturated heterocycles. The van der Waals surface area contributed by atoms with Gasteiger partial charge in [0.25, 0.3) is 21.6 Å². The summed E-state index contributed by atoms with van der Waals surface area (Å²) in [7, 11) is -4.10. The van der Waals surface area contributed by atoms with Crippen molar-refractivity contribution in [1.29, 1.82) is 0 Å². The van der Waals surface area contributed by atoms with Crippen molar-refractivity contribution in [3.05, 3.63) is 63.7 Å². The highest BCUT2D eigenvalue weighted by Gasteiger charge is 2.41. The van der Waals surface area contributed by atoms with E-state index >= 15 is 0 Å². The maximum absolute atomic E-state index is 12.4. The number of hydrogen-bond acceptors (Lipinski definition) is 6. The number of rotatable bonds is 4. The average Bonchev–Trinajstić information content (AvgIpc) is 2.78. The summed E-state index contributed by atoms with van der Waals surface area (Å²) in [6, 6.07) is 9.60. The maximum Gasteiger partial charge on any atom is 0.271 e. The second kappa shape index (κ2) is 6.23. The summed E-state index contributed by atoms with van der Waals surface area (Å²) >= 11 is 0. The van der Waals surface area contributed by atoms with Gasteiger partial charge in [-0.2, -0.15) is 0 Å². The van der Waals surface area contributed by atoms with E-state index in [1.807, 2.05) is 0 Å². The number of sulfonamides is 1.